The van der Waals surface area contributed by atoms with Crippen LogP contribution >= 0.6 is 0 Å². The van der Waals surface area contributed by atoms with E-state index in [-0.39, 0.29) is 16.4 Å². The van der Waals surface area contributed by atoms with Crippen LogP contribution in [0.15, 0.2) is 84.9 Å². The van der Waals surface area contributed by atoms with E-state index in [1.807, 2.05) is 42.5 Å². The van der Waals surface area contributed by atoms with Crippen molar-refractivity contribution < 1.29 is 30.7 Å². The number of hydrogen-bond acceptors (Lipinski definition) is 5. The Balaban J connectivity index is 0.000000157. The summed E-state index contributed by atoms with van der Waals surface area (Å²) in [5, 5.41) is 10.7. The minimum atomic E-state index is -5.64. The average molecular weight is 526 g/mol. The lowest BCUT2D eigenvalue weighted by molar-refractivity contribution is -0.384. The summed E-state index contributed by atoms with van der Waals surface area (Å²) in [5.74, 6) is -0.334. The number of rotatable bonds is 3. The van der Waals surface area contributed by atoms with Gasteiger partial charge in [0.05, 0.1) is 4.92 Å². The Morgan fingerprint density at radius 2 is 1.19 bits per heavy atom. The number of non-ortho nitro benzene ring substituents is 1. The van der Waals surface area contributed by atoms with E-state index in [2.05, 4.69) is 16.3 Å². The van der Waals surface area contributed by atoms with Gasteiger partial charge in [0.2, 0.25) is 0 Å². The highest BCUT2D eigenvalue weighted by Crippen LogP contribution is 2.39. The molecule has 0 aliphatic heterocycles. The number of nitro groups is 1. The third-order valence-corrected chi connectivity index (χ3v) is 7.22. The maximum Gasteiger partial charge on any atom is 0.534 e. The summed E-state index contributed by atoms with van der Waals surface area (Å²) >= 11 is 0. The first-order chi connectivity index (χ1) is 17.5. The predicted molar refractivity (Wildman–Crippen MR) is 132 cm³/mol. The van der Waals surface area contributed by atoms with Crippen LogP contribution in [-0.4, -0.2) is 18.8 Å². The zero-order valence-corrected chi connectivity index (χ0v) is 19.8. The number of fused-ring (bicyclic) bond motifs is 6. The average Bonchev–Trinajstić information content (AvgIpc) is 3.40. The number of hydrogen-bond donors (Lipinski definition) is 0. The molecule has 6 rings (SSSR count). The zero-order chi connectivity index (χ0) is 26.4. The van der Waals surface area contributed by atoms with Crippen molar-refractivity contribution in [3.05, 3.63) is 117 Å². The Morgan fingerprint density at radius 3 is 1.73 bits per heavy atom. The Bertz CT molecular complexity index is 1650. The summed E-state index contributed by atoms with van der Waals surface area (Å²) in [6.07, 6.45) is 1.34. The van der Waals surface area contributed by atoms with Crippen LogP contribution in [0.4, 0.5) is 18.9 Å². The first-order valence-electron chi connectivity index (χ1n) is 11.1. The van der Waals surface area contributed by atoms with Crippen LogP contribution in [0.5, 0.6) is 5.75 Å². The minimum absolute atomic E-state index is 0.173. The molecule has 0 atom stereocenters. The van der Waals surface area contributed by atoms with Gasteiger partial charge in [-0.3, -0.25) is 10.1 Å². The van der Waals surface area contributed by atoms with Gasteiger partial charge in [0, 0.05) is 12.1 Å². The monoisotopic (exact) mass is 525 g/mol. The normalized spacial score (nSPS) is 12.9. The van der Waals surface area contributed by atoms with E-state index < -0.39 is 15.6 Å². The summed E-state index contributed by atoms with van der Waals surface area (Å²) in [5.41, 5.74) is 3.03. The molecular weight excluding hydrogens is 507 g/mol. The number of alkyl halides is 3. The minimum Gasteiger partial charge on any atom is -0.376 e. The molecule has 4 aromatic rings. The Labute approximate surface area is 210 Å². The molecule has 0 N–H and O–H groups in total. The molecular formula is C27H18F3NO5S. The van der Waals surface area contributed by atoms with E-state index >= 15 is 0 Å². The number of benzene rings is 4. The van der Waals surface area contributed by atoms with E-state index in [4.69, 9.17) is 0 Å². The molecule has 0 fully saturated rings. The summed E-state index contributed by atoms with van der Waals surface area (Å²) in [6.45, 7) is 0. The van der Waals surface area contributed by atoms with Gasteiger partial charge in [0.25, 0.3) is 5.69 Å². The lowest BCUT2D eigenvalue weighted by atomic mass is 10.1. The fourth-order valence-electron chi connectivity index (χ4n) is 4.59. The standard InChI is InChI=1S/C14H9F3O3S.C13H9NO2/c15-14(16,17)21(18,19)20-11-5-6-13-10(8-11)7-9-3-1-2-4-12(9)13;15-14(16)11-5-6-13-10(8-11)7-9-3-1-2-4-12(9)13/h1-6,8H,7H2;1-6,8H,7H2. The smallest absolute Gasteiger partial charge is 0.376 e. The molecule has 0 aromatic heterocycles. The molecule has 0 saturated heterocycles. The second kappa shape index (κ2) is 9.04. The molecule has 0 bridgehead atoms. The summed E-state index contributed by atoms with van der Waals surface area (Å²) in [7, 11) is -5.64. The second-order valence-corrected chi connectivity index (χ2v) is 10.1. The fraction of sp³-hybridized carbons (Fsp3) is 0.111. The topological polar surface area (TPSA) is 86.5 Å². The van der Waals surface area contributed by atoms with Crippen LogP contribution in [0.2, 0.25) is 0 Å². The number of nitrogens with zero attached hydrogens (tertiary/aromatic N) is 1. The van der Waals surface area contributed by atoms with Crippen LogP contribution in [0.1, 0.15) is 22.3 Å². The highest BCUT2D eigenvalue weighted by atomic mass is 32.2. The molecule has 0 radical (unpaired) electrons. The van der Waals surface area contributed by atoms with Crippen molar-refractivity contribution in [2.45, 2.75) is 18.3 Å². The lowest BCUT2D eigenvalue weighted by Gasteiger charge is -2.10. The van der Waals surface area contributed by atoms with Gasteiger partial charge < -0.3 is 4.18 Å². The van der Waals surface area contributed by atoms with Gasteiger partial charge in [0.15, 0.2) is 0 Å². The Hall–Kier alpha value is -4.18. The molecule has 2 aliphatic rings. The molecule has 0 heterocycles. The molecule has 188 valence electrons. The maximum atomic E-state index is 12.3. The fourth-order valence-corrected chi connectivity index (χ4v) is 5.04. The van der Waals surface area contributed by atoms with E-state index in [9.17, 15) is 31.7 Å². The first kappa shape index (κ1) is 24.5. The Morgan fingerprint density at radius 1 is 0.703 bits per heavy atom. The highest BCUT2D eigenvalue weighted by molar-refractivity contribution is 7.88. The van der Waals surface area contributed by atoms with Gasteiger partial charge in [-0.2, -0.15) is 21.6 Å². The molecule has 6 nitrogen and oxygen atoms in total. The van der Waals surface area contributed by atoms with Gasteiger partial charge in [-0.25, -0.2) is 0 Å². The van der Waals surface area contributed by atoms with Crippen LogP contribution < -0.4 is 4.18 Å². The van der Waals surface area contributed by atoms with Crippen molar-refractivity contribution in [3.8, 4) is 28.0 Å². The number of nitro benzene ring substituents is 1. The predicted octanol–water partition coefficient (Wildman–Crippen LogP) is 6.65. The van der Waals surface area contributed by atoms with Gasteiger partial charge >= 0.3 is 15.6 Å². The van der Waals surface area contributed by atoms with Crippen molar-refractivity contribution in [1.82, 2.24) is 0 Å². The van der Waals surface area contributed by atoms with Crippen LogP contribution in [0.25, 0.3) is 22.3 Å². The lowest BCUT2D eigenvalue weighted by Crippen LogP contribution is -2.28. The van der Waals surface area contributed by atoms with Crippen molar-refractivity contribution in [2.24, 2.45) is 0 Å². The van der Waals surface area contributed by atoms with Crippen LogP contribution in [0.3, 0.4) is 0 Å². The third kappa shape index (κ3) is 4.67. The van der Waals surface area contributed by atoms with Gasteiger partial charge in [0.1, 0.15) is 5.75 Å². The van der Waals surface area contributed by atoms with E-state index in [0.29, 0.717) is 6.42 Å². The molecule has 4 aromatic carbocycles. The third-order valence-electron chi connectivity index (χ3n) is 6.24. The van der Waals surface area contributed by atoms with E-state index in [1.54, 1.807) is 18.2 Å². The quantitative estimate of drug-likeness (QED) is 0.112. The van der Waals surface area contributed by atoms with Crippen molar-refractivity contribution in [3.63, 3.8) is 0 Å². The second-order valence-electron chi connectivity index (χ2n) is 8.57. The van der Waals surface area contributed by atoms with Gasteiger partial charge in [-0.05, 0) is 75.5 Å². The number of halogens is 3. The van der Waals surface area contributed by atoms with Crippen LogP contribution in [0, 0.1) is 10.1 Å². The summed E-state index contributed by atoms with van der Waals surface area (Å²) in [6, 6.07) is 24.9. The highest BCUT2D eigenvalue weighted by Gasteiger charge is 2.48. The molecule has 0 saturated carbocycles. The van der Waals surface area contributed by atoms with Crippen LogP contribution in [-0.2, 0) is 23.0 Å². The summed E-state index contributed by atoms with van der Waals surface area (Å²) in [4.78, 5) is 10.3. The van der Waals surface area contributed by atoms with Crippen molar-refractivity contribution in [1.29, 1.82) is 0 Å². The van der Waals surface area contributed by atoms with Crippen molar-refractivity contribution >= 4 is 15.8 Å². The van der Waals surface area contributed by atoms with Gasteiger partial charge in [-0.1, -0.05) is 54.6 Å². The van der Waals surface area contributed by atoms with Gasteiger partial charge in [-0.15, -0.1) is 0 Å². The molecule has 2 aliphatic carbocycles. The Kier molecular flexibility index (Phi) is 5.99. The SMILES string of the molecule is O=S(=O)(Oc1ccc2c(c1)Cc1ccccc1-2)C(F)(F)F.O=[N+]([O-])c1ccc2c(c1)Cc1ccccc1-2. The van der Waals surface area contributed by atoms with E-state index in [0.717, 1.165) is 39.8 Å². The zero-order valence-electron chi connectivity index (χ0n) is 19.0. The largest absolute Gasteiger partial charge is 0.534 e. The van der Waals surface area contributed by atoms with E-state index in [1.165, 1.54) is 23.3 Å². The molecule has 0 unspecified atom stereocenters. The first-order valence-corrected chi connectivity index (χ1v) is 12.5. The maximum absolute atomic E-state index is 12.3. The van der Waals surface area contributed by atoms with Crippen molar-refractivity contribution in [2.75, 3.05) is 0 Å². The molecule has 37 heavy (non-hydrogen) atoms. The molecule has 0 spiro atoms. The molecule has 0 amide bonds. The summed E-state index contributed by atoms with van der Waals surface area (Å²) < 4.78 is 63.0. The molecule has 10 heteroatoms.